The van der Waals surface area contributed by atoms with E-state index in [4.69, 9.17) is 9.63 Å². The van der Waals surface area contributed by atoms with Gasteiger partial charge in [0.2, 0.25) is 5.82 Å². The summed E-state index contributed by atoms with van der Waals surface area (Å²) in [5.41, 5.74) is 3.33. The van der Waals surface area contributed by atoms with E-state index >= 15 is 0 Å². The van der Waals surface area contributed by atoms with Gasteiger partial charge in [-0.05, 0) is 36.2 Å². The van der Waals surface area contributed by atoms with Gasteiger partial charge < -0.3 is 20.1 Å². The Morgan fingerprint density at radius 3 is 2.70 bits per heavy atom. The zero-order chi connectivity index (χ0) is 21.1. The van der Waals surface area contributed by atoms with Crippen LogP contribution < -0.4 is 5.32 Å². The Kier molecular flexibility index (Phi) is 5.60. The summed E-state index contributed by atoms with van der Waals surface area (Å²) in [6.07, 6.45) is -0.988. The molecule has 2 heterocycles. The number of aromatic nitrogens is 2. The van der Waals surface area contributed by atoms with Crippen molar-refractivity contribution in [2.75, 3.05) is 5.32 Å². The molecule has 1 unspecified atom stereocenters. The number of nitrogens with one attached hydrogen (secondary N) is 1. The maximum atomic E-state index is 11.0. The van der Waals surface area contributed by atoms with Gasteiger partial charge in [0.25, 0.3) is 5.89 Å². The number of nitrogens with zero attached hydrogens (tertiary/aromatic N) is 2. The number of hydrogen-bond donors (Lipinski definition) is 3. The van der Waals surface area contributed by atoms with E-state index < -0.39 is 12.1 Å². The second-order valence-corrected chi connectivity index (χ2v) is 7.89. The van der Waals surface area contributed by atoms with E-state index in [1.54, 1.807) is 24.3 Å². The normalized spacial score (nSPS) is 11.9. The lowest BCUT2D eigenvalue weighted by Gasteiger charge is -2.09. The molecule has 2 aromatic carbocycles. The Bertz CT molecular complexity index is 1170. The van der Waals surface area contributed by atoms with Gasteiger partial charge in [0, 0.05) is 22.7 Å². The minimum absolute atomic E-state index is 0.131. The van der Waals surface area contributed by atoms with Crippen molar-refractivity contribution in [3.8, 4) is 11.4 Å². The van der Waals surface area contributed by atoms with Crippen LogP contribution in [0.2, 0.25) is 0 Å². The Hall–Kier alpha value is -3.49. The molecular formula is C22H19N3O4S. The summed E-state index contributed by atoms with van der Waals surface area (Å²) >= 11 is 1.24. The third-order valence-corrected chi connectivity index (χ3v) is 5.69. The zero-order valence-corrected chi connectivity index (χ0v) is 16.9. The second-order valence-electron chi connectivity index (χ2n) is 6.72. The third-order valence-electron chi connectivity index (χ3n) is 4.61. The van der Waals surface area contributed by atoms with Crippen molar-refractivity contribution in [3.05, 3.63) is 87.4 Å². The lowest BCUT2D eigenvalue weighted by atomic mass is 10.1. The van der Waals surface area contributed by atoms with Crippen molar-refractivity contribution in [1.82, 2.24) is 10.1 Å². The van der Waals surface area contributed by atoms with E-state index in [-0.39, 0.29) is 5.89 Å². The molecule has 3 N–H and O–H groups in total. The molecule has 0 fully saturated rings. The molecule has 0 spiro atoms. The number of carboxylic acids is 1. The number of hydrogen-bond acceptors (Lipinski definition) is 7. The molecule has 8 heteroatoms. The summed E-state index contributed by atoms with van der Waals surface area (Å²) in [7, 11) is 0. The van der Waals surface area contributed by atoms with Gasteiger partial charge in [-0.1, -0.05) is 47.6 Å². The molecule has 4 aromatic rings. The molecule has 0 aliphatic rings. The lowest BCUT2D eigenvalue weighted by molar-refractivity contribution is 0.0702. The molecule has 0 radical (unpaired) electrons. The predicted octanol–water partition coefficient (Wildman–Crippen LogP) is 4.50. The summed E-state index contributed by atoms with van der Waals surface area (Å²) in [4.78, 5) is 16.6. The summed E-state index contributed by atoms with van der Waals surface area (Å²) in [6, 6.07) is 18.3. The molecule has 152 valence electrons. The van der Waals surface area contributed by atoms with E-state index in [1.807, 2.05) is 43.3 Å². The highest BCUT2D eigenvalue weighted by molar-refractivity contribution is 7.13. The number of benzene rings is 2. The van der Waals surface area contributed by atoms with Gasteiger partial charge in [0.1, 0.15) is 4.88 Å². The Balaban J connectivity index is 1.51. The third kappa shape index (κ3) is 4.24. The van der Waals surface area contributed by atoms with Crippen LogP contribution in [-0.2, 0) is 6.54 Å². The molecule has 0 bridgehead atoms. The highest BCUT2D eigenvalue weighted by Gasteiger charge is 2.19. The van der Waals surface area contributed by atoms with Crippen LogP contribution in [0.15, 0.2) is 65.2 Å². The predicted molar refractivity (Wildman–Crippen MR) is 114 cm³/mol. The number of aliphatic hydroxyl groups is 1. The molecule has 0 aliphatic carbocycles. The first-order chi connectivity index (χ1) is 14.5. The molecule has 30 heavy (non-hydrogen) atoms. The average Bonchev–Trinajstić information content (AvgIpc) is 3.43. The van der Waals surface area contributed by atoms with Crippen molar-refractivity contribution in [2.45, 2.75) is 19.6 Å². The minimum atomic E-state index is -0.988. The van der Waals surface area contributed by atoms with Crippen molar-refractivity contribution in [1.29, 1.82) is 0 Å². The van der Waals surface area contributed by atoms with Crippen molar-refractivity contribution in [3.63, 3.8) is 0 Å². The number of rotatable bonds is 7. The fourth-order valence-corrected chi connectivity index (χ4v) is 3.75. The van der Waals surface area contributed by atoms with Crippen LogP contribution in [0.5, 0.6) is 0 Å². The van der Waals surface area contributed by atoms with Gasteiger partial charge >= 0.3 is 5.97 Å². The van der Waals surface area contributed by atoms with Crippen LogP contribution >= 0.6 is 11.3 Å². The molecular weight excluding hydrogens is 402 g/mol. The van der Waals surface area contributed by atoms with Gasteiger partial charge in [-0.15, -0.1) is 11.3 Å². The molecule has 4 rings (SSSR count). The maximum Gasteiger partial charge on any atom is 0.345 e. The number of aliphatic hydroxyl groups excluding tert-OH is 1. The Morgan fingerprint density at radius 1 is 1.17 bits per heavy atom. The highest BCUT2D eigenvalue weighted by atomic mass is 32.1. The number of carbonyl (C=O) groups is 1. The van der Waals surface area contributed by atoms with E-state index in [0.717, 1.165) is 21.7 Å². The van der Waals surface area contributed by atoms with Gasteiger partial charge in [0.05, 0.1) is 0 Å². The SMILES string of the molecule is Cc1ccc(-c2noc(C(O)c3ccccc3)n2)cc1NCc1ccc(C(=O)O)s1. The lowest BCUT2D eigenvalue weighted by Crippen LogP contribution is -2.00. The number of carboxylic acid groups (broad SMARTS) is 1. The first-order valence-electron chi connectivity index (χ1n) is 9.25. The fourth-order valence-electron chi connectivity index (χ4n) is 2.96. The van der Waals surface area contributed by atoms with Crippen LogP contribution in [0.25, 0.3) is 11.4 Å². The quantitative estimate of drug-likeness (QED) is 0.403. The van der Waals surface area contributed by atoms with Crippen LogP contribution in [0.1, 0.15) is 37.7 Å². The largest absolute Gasteiger partial charge is 0.477 e. The molecule has 0 saturated heterocycles. The number of thiophene rings is 1. The highest BCUT2D eigenvalue weighted by Crippen LogP contribution is 2.27. The van der Waals surface area contributed by atoms with Gasteiger partial charge in [-0.2, -0.15) is 4.98 Å². The van der Waals surface area contributed by atoms with Crippen LogP contribution in [-0.4, -0.2) is 26.3 Å². The maximum absolute atomic E-state index is 11.0. The van der Waals surface area contributed by atoms with Gasteiger partial charge in [-0.25, -0.2) is 4.79 Å². The first kappa shape index (κ1) is 19.8. The van der Waals surface area contributed by atoms with E-state index in [2.05, 4.69) is 15.5 Å². The van der Waals surface area contributed by atoms with E-state index in [9.17, 15) is 9.90 Å². The van der Waals surface area contributed by atoms with Crippen LogP contribution in [0.3, 0.4) is 0 Å². The summed E-state index contributed by atoms with van der Waals surface area (Å²) < 4.78 is 5.27. The first-order valence-corrected chi connectivity index (χ1v) is 10.1. The molecule has 7 nitrogen and oxygen atoms in total. The van der Waals surface area contributed by atoms with Crippen molar-refractivity contribution >= 4 is 23.0 Å². The van der Waals surface area contributed by atoms with E-state index in [0.29, 0.717) is 22.8 Å². The monoisotopic (exact) mass is 421 g/mol. The molecule has 0 saturated carbocycles. The summed E-state index contributed by atoms with van der Waals surface area (Å²) in [6.45, 7) is 2.48. The minimum Gasteiger partial charge on any atom is -0.477 e. The zero-order valence-electron chi connectivity index (χ0n) is 16.1. The Labute approximate surface area is 176 Å². The average molecular weight is 421 g/mol. The molecule has 0 amide bonds. The Morgan fingerprint density at radius 2 is 1.97 bits per heavy atom. The number of anilines is 1. The second kappa shape index (κ2) is 8.48. The summed E-state index contributed by atoms with van der Waals surface area (Å²) in [5.74, 6) is -0.409. The summed E-state index contributed by atoms with van der Waals surface area (Å²) in [5, 5.41) is 26.8. The molecule has 1 atom stereocenters. The smallest absolute Gasteiger partial charge is 0.345 e. The topological polar surface area (TPSA) is 108 Å². The van der Waals surface area contributed by atoms with Crippen LogP contribution in [0.4, 0.5) is 5.69 Å². The van der Waals surface area contributed by atoms with Crippen molar-refractivity contribution in [2.24, 2.45) is 0 Å². The molecule has 2 aromatic heterocycles. The number of aryl methyl sites for hydroxylation is 1. The molecule has 0 aliphatic heterocycles. The number of aromatic carboxylic acids is 1. The van der Waals surface area contributed by atoms with Gasteiger partial charge in [-0.3, -0.25) is 0 Å². The standard InChI is InChI=1S/C22H19N3O4S/c1-13-7-8-15(11-17(13)23-12-16-9-10-18(30-16)22(27)28)20-24-21(29-25-20)19(26)14-5-3-2-4-6-14/h2-11,19,23,26H,12H2,1H3,(H,27,28). The van der Waals surface area contributed by atoms with E-state index in [1.165, 1.54) is 11.3 Å². The van der Waals surface area contributed by atoms with Crippen molar-refractivity contribution < 1.29 is 19.5 Å². The van der Waals surface area contributed by atoms with Gasteiger partial charge in [0.15, 0.2) is 6.10 Å². The fraction of sp³-hybridized carbons (Fsp3) is 0.136. The van der Waals surface area contributed by atoms with Crippen LogP contribution in [0, 0.1) is 6.92 Å².